The van der Waals surface area contributed by atoms with Crippen molar-refractivity contribution in [2.45, 2.75) is 6.61 Å². The maximum Gasteiger partial charge on any atom is 0.180 e. The highest BCUT2D eigenvalue weighted by molar-refractivity contribution is 5.83. The van der Waals surface area contributed by atoms with Gasteiger partial charge >= 0.3 is 0 Å². The molecule has 2 aromatic heterocycles. The molecule has 0 aliphatic carbocycles. The van der Waals surface area contributed by atoms with Crippen LogP contribution in [-0.4, -0.2) is 26.0 Å². The quantitative estimate of drug-likeness (QED) is 0.699. The van der Waals surface area contributed by atoms with Crippen LogP contribution in [0.3, 0.4) is 0 Å². The molecule has 96 valence electrons. The van der Waals surface area contributed by atoms with Crippen LogP contribution in [0.25, 0.3) is 16.7 Å². The normalized spacial score (nSPS) is 11.0. The monoisotopic (exact) mass is 254 g/mol. The van der Waals surface area contributed by atoms with Crippen molar-refractivity contribution < 1.29 is 5.11 Å². The first kappa shape index (κ1) is 11.7. The van der Waals surface area contributed by atoms with Crippen molar-refractivity contribution in [2.75, 3.05) is 11.9 Å². The molecule has 5 heteroatoms. The second-order valence-electron chi connectivity index (χ2n) is 4.19. The zero-order valence-electron chi connectivity index (χ0n) is 10.4. The molecule has 3 rings (SSSR count). The summed E-state index contributed by atoms with van der Waals surface area (Å²) in [6, 6.07) is 7.79. The zero-order chi connectivity index (χ0) is 13.2. The van der Waals surface area contributed by atoms with Crippen LogP contribution in [0.5, 0.6) is 0 Å². The minimum absolute atomic E-state index is 0.0595. The molecule has 19 heavy (non-hydrogen) atoms. The van der Waals surface area contributed by atoms with Crippen LogP contribution in [0.1, 0.15) is 5.69 Å². The Balaban J connectivity index is 2.36. The molecule has 0 saturated heterocycles. The van der Waals surface area contributed by atoms with E-state index in [0.29, 0.717) is 18.0 Å². The highest BCUT2D eigenvalue weighted by atomic mass is 16.3. The van der Waals surface area contributed by atoms with E-state index in [-0.39, 0.29) is 6.61 Å². The van der Waals surface area contributed by atoms with Gasteiger partial charge in [-0.25, -0.2) is 9.97 Å². The van der Waals surface area contributed by atoms with E-state index in [0.717, 1.165) is 16.7 Å². The van der Waals surface area contributed by atoms with Crippen LogP contribution in [0, 0.1) is 0 Å². The summed E-state index contributed by atoms with van der Waals surface area (Å²) in [5.74, 6) is 0.693. The van der Waals surface area contributed by atoms with E-state index in [1.54, 1.807) is 12.3 Å². The SMILES string of the molecule is C=CCNc1nc2ccccc2n2c(CO)cnc12. The topological polar surface area (TPSA) is 62.5 Å². The Morgan fingerprint density at radius 1 is 1.37 bits per heavy atom. The first-order valence-electron chi connectivity index (χ1n) is 6.06. The molecule has 0 spiro atoms. The van der Waals surface area contributed by atoms with E-state index in [4.69, 9.17) is 0 Å². The molecule has 0 amide bonds. The molecule has 0 unspecified atom stereocenters. The van der Waals surface area contributed by atoms with Crippen molar-refractivity contribution >= 4 is 22.5 Å². The summed E-state index contributed by atoms with van der Waals surface area (Å²) in [6.07, 6.45) is 3.44. The van der Waals surface area contributed by atoms with Crippen LogP contribution in [0.15, 0.2) is 43.1 Å². The molecule has 0 radical (unpaired) electrons. The van der Waals surface area contributed by atoms with E-state index in [1.807, 2.05) is 28.7 Å². The average Bonchev–Trinajstić information content (AvgIpc) is 2.89. The number of nitrogens with zero attached hydrogens (tertiary/aromatic N) is 3. The van der Waals surface area contributed by atoms with Crippen LogP contribution < -0.4 is 5.32 Å². The number of aliphatic hydroxyl groups is 1. The predicted molar refractivity (Wildman–Crippen MR) is 75.1 cm³/mol. The van der Waals surface area contributed by atoms with Crippen molar-refractivity contribution in [1.29, 1.82) is 0 Å². The summed E-state index contributed by atoms with van der Waals surface area (Å²) in [4.78, 5) is 8.90. The Morgan fingerprint density at radius 2 is 2.21 bits per heavy atom. The fraction of sp³-hybridized carbons (Fsp3) is 0.143. The van der Waals surface area contributed by atoms with E-state index in [1.165, 1.54) is 0 Å². The number of aromatic nitrogens is 3. The minimum atomic E-state index is -0.0595. The molecular formula is C14H14N4O. The summed E-state index contributed by atoms with van der Waals surface area (Å²) in [5, 5.41) is 12.6. The van der Waals surface area contributed by atoms with Crippen LogP contribution >= 0.6 is 0 Å². The van der Waals surface area contributed by atoms with Gasteiger partial charge in [-0.3, -0.25) is 4.40 Å². The largest absolute Gasteiger partial charge is 0.390 e. The number of imidazole rings is 1. The van der Waals surface area contributed by atoms with Crippen molar-refractivity contribution in [3.8, 4) is 0 Å². The summed E-state index contributed by atoms with van der Waals surface area (Å²) in [5.41, 5.74) is 3.25. The van der Waals surface area contributed by atoms with Crippen LogP contribution in [-0.2, 0) is 6.61 Å². The lowest BCUT2D eigenvalue weighted by molar-refractivity contribution is 0.276. The Labute approximate surface area is 110 Å². The Bertz CT molecular complexity index is 748. The molecule has 5 nitrogen and oxygen atoms in total. The van der Waals surface area contributed by atoms with E-state index in [2.05, 4.69) is 21.9 Å². The molecule has 0 aliphatic heterocycles. The molecular weight excluding hydrogens is 240 g/mol. The van der Waals surface area contributed by atoms with Gasteiger partial charge < -0.3 is 10.4 Å². The molecule has 0 aliphatic rings. The molecule has 1 aromatic carbocycles. The maximum absolute atomic E-state index is 9.43. The third-order valence-electron chi connectivity index (χ3n) is 2.98. The van der Waals surface area contributed by atoms with Gasteiger partial charge in [-0.2, -0.15) is 0 Å². The molecule has 0 fully saturated rings. The van der Waals surface area contributed by atoms with Gasteiger partial charge in [-0.05, 0) is 12.1 Å². The first-order valence-corrected chi connectivity index (χ1v) is 6.06. The fourth-order valence-electron chi connectivity index (χ4n) is 2.14. The summed E-state index contributed by atoms with van der Waals surface area (Å²) < 4.78 is 1.92. The standard InChI is InChI=1S/C14H14N4O/c1-2-7-15-13-14-16-8-10(9-19)18(14)12-6-4-3-5-11(12)17-13/h2-6,8,19H,1,7,9H2,(H,15,17). The number of anilines is 1. The number of hydrogen-bond acceptors (Lipinski definition) is 4. The summed E-state index contributed by atoms with van der Waals surface area (Å²) in [6.45, 7) is 4.24. The highest BCUT2D eigenvalue weighted by Gasteiger charge is 2.12. The van der Waals surface area contributed by atoms with E-state index < -0.39 is 0 Å². The molecule has 0 bridgehead atoms. The van der Waals surface area contributed by atoms with Crippen molar-refractivity contribution in [3.63, 3.8) is 0 Å². The number of benzene rings is 1. The number of aliphatic hydroxyl groups excluding tert-OH is 1. The van der Waals surface area contributed by atoms with Gasteiger partial charge in [0, 0.05) is 6.54 Å². The fourth-order valence-corrected chi connectivity index (χ4v) is 2.14. The third-order valence-corrected chi connectivity index (χ3v) is 2.98. The first-order chi connectivity index (χ1) is 9.35. The lowest BCUT2D eigenvalue weighted by Crippen LogP contribution is -2.05. The Morgan fingerprint density at radius 3 is 3.00 bits per heavy atom. The van der Waals surface area contributed by atoms with Crippen molar-refractivity contribution in [1.82, 2.24) is 14.4 Å². The van der Waals surface area contributed by atoms with Crippen LogP contribution in [0.4, 0.5) is 5.82 Å². The van der Waals surface area contributed by atoms with Crippen LogP contribution in [0.2, 0.25) is 0 Å². The maximum atomic E-state index is 9.43. The zero-order valence-corrected chi connectivity index (χ0v) is 10.4. The Kier molecular flexibility index (Phi) is 2.89. The lowest BCUT2D eigenvalue weighted by atomic mass is 10.3. The second-order valence-corrected chi connectivity index (χ2v) is 4.19. The smallest absolute Gasteiger partial charge is 0.180 e. The minimum Gasteiger partial charge on any atom is -0.390 e. The average molecular weight is 254 g/mol. The van der Waals surface area contributed by atoms with E-state index >= 15 is 0 Å². The highest BCUT2D eigenvalue weighted by Crippen LogP contribution is 2.22. The van der Waals surface area contributed by atoms with Crippen molar-refractivity contribution in [3.05, 3.63) is 48.8 Å². The third kappa shape index (κ3) is 1.84. The lowest BCUT2D eigenvalue weighted by Gasteiger charge is -2.09. The number of hydrogen-bond donors (Lipinski definition) is 2. The number of para-hydroxylation sites is 2. The van der Waals surface area contributed by atoms with Gasteiger partial charge in [0.1, 0.15) is 0 Å². The van der Waals surface area contributed by atoms with Gasteiger partial charge in [0.2, 0.25) is 0 Å². The number of nitrogens with one attached hydrogen (secondary N) is 1. The van der Waals surface area contributed by atoms with Gasteiger partial charge in [0.15, 0.2) is 11.5 Å². The van der Waals surface area contributed by atoms with Gasteiger partial charge in [0.25, 0.3) is 0 Å². The van der Waals surface area contributed by atoms with E-state index in [9.17, 15) is 5.11 Å². The second kappa shape index (κ2) is 4.70. The van der Waals surface area contributed by atoms with Gasteiger partial charge in [-0.1, -0.05) is 18.2 Å². The molecule has 2 heterocycles. The summed E-state index contributed by atoms with van der Waals surface area (Å²) in [7, 11) is 0. The molecule has 0 atom stereocenters. The summed E-state index contributed by atoms with van der Waals surface area (Å²) >= 11 is 0. The Hall–Kier alpha value is -2.40. The van der Waals surface area contributed by atoms with Gasteiger partial charge in [-0.15, -0.1) is 6.58 Å². The predicted octanol–water partition coefficient (Wildman–Crippen LogP) is 1.97. The number of rotatable bonds is 4. The van der Waals surface area contributed by atoms with Gasteiger partial charge in [0.05, 0.1) is 29.5 Å². The number of fused-ring (bicyclic) bond motifs is 3. The molecule has 3 aromatic rings. The van der Waals surface area contributed by atoms with Crippen molar-refractivity contribution in [2.24, 2.45) is 0 Å². The molecule has 0 saturated carbocycles. The molecule has 2 N–H and O–H groups in total.